The third kappa shape index (κ3) is 4.40. The summed E-state index contributed by atoms with van der Waals surface area (Å²) in [6.45, 7) is 13.5. The standard InChI is InChI=1S/C23H29NO2/c1-15(2)10-12-24(13-11-16(3)4)20-9-7-8-18-14-19(17(5)6)22(25)23(26)21(18)20/h7-11,14,17H,12-13H2,1-6H3. The van der Waals surface area contributed by atoms with E-state index in [1.54, 1.807) is 0 Å². The molecular formula is C23H29NO2. The monoisotopic (exact) mass is 351 g/mol. The molecular weight excluding hydrogens is 322 g/mol. The molecule has 0 spiro atoms. The highest BCUT2D eigenvalue weighted by molar-refractivity contribution is 6.52. The van der Waals surface area contributed by atoms with Gasteiger partial charge < -0.3 is 4.90 Å². The van der Waals surface area contributed by atoms with E-state index in [0.29, 0.717) is 24.2 Å². The number of nitrogens with zero attached hydrogens (tertiary/aromatic N) is 1. The van der Waals surface area contributed by atoms with Crippen LogP contribution in [-0.4, -0.2) is 24.7 Å². The molecule has 0 aromatic heterocycles. The van der Waals surface area contributed by atoms with Crippen molar-refractivity contribution in [2.75, 3.05) is 18.0 Å². The molecule has 0 saturated carbocycles. The van der Waals surface area contributed by atoms with Gasteiger partial charge in [-0.3, -0.25) is 9.59 Å². The summed E-state index contributed by atoms with van der Waals surface area (Å²) >= 11 is 0. The lowest BCUT2D eigenvalue weighted by atomic mass is 9.84. The van der Waals surface area contributed by atoms with Gasteiger partial charge in [0.15, 0.2) is 0 Å². The molecule has 2 rings (SSSR count). The van der Waals surface area contributed by atoms with Crippen LogP contribution in [0.4, 0.5) is 5.69 Å². The van der Waals surface area contributed by atoms with E-state index in [2.05, 4.69) is 44.7 Å². The number of rotatable bonds is 6. The zero-order valence-electron chi connectivity index (χ0n) is 16.7. The summed E-state index contributed by atoms with van der Waals surface area (Å²) in [5.41, 5.74) is 5.25. The highest BCUT2D eigenvalue weighted by Crippen LogP contribution is 2.32. The summed E-state index contributed by atoms with van der Waals surface area (Å²) in [5, 5.41) is 0. The lowest BCUT2D eigenvalue weighted by Crippen LogP contribution is -2.30. The van der Waals surface area contributed by atoms with E-state index in [1.165, 1.54) is 11.1 Å². The molecule has 0 atom stereocenters. The SMILES string of the molecule is CC(C)=CCN(CC=C(C)C)c1cccc2c1C(=O)C(=O)C(C(C)C)=C2. The van der Waals surface area contributed by atoms with Gasteiger partial charge in [0.25, 0.3) is 0 Å². The highest BCUT2D eigenvalue weighted by Gasteiger charge is 2.31. The van der Waals surface area contributed by atoms with Gasteiger partial charge in [-0.1, -0.05) is 49.3 Å². The summed E-state index contributed by atoms with van der Waals surface area (Å²) in [7, 11) is 0. The van der Waals surface area contributed by atoms with Crippen molar-refractivity contribution in [3.63, 3.8) is 0 Å². The Balaban J connectivity index is 2.57. The summed E-state index contributed by atoms with van der Waals surface area (Å²) in [6.07, 6.45) is 6.17. The number of hydrogen-bond acceptors (Lipinski definition) is 3. The van der Waals surface area contributed by atoms with Gasteiger partial charge in [0.1, 0.15) is 0 Å². The normalized spacial score (nSPS) is 13.3. The zero-order chi connectivity index (χ0) is 19.4. The second kappa shape index (κ2) is 8.31. The van der Waals surface area contributed by atoms with Crippen LogP contribution in [0.5, 0.6) is 0 Å². The third-order valence-electron chi connectivity index (χ3n) is 4.48. The van der Waals surface area contributed by atoms with Crippen LogP contribution in [0.15, 0.2) is 47.1 Å². The summed E-state index contributed by atoms with van der Waals surface area (Å²) in [6, 6.07) is 5.82. The number of allylic oxidation sites excluding steroid dienone is 3. The van der Waals surface area contributed by atoms with E-state index < -0.39 is 0 Å². The van der Waals surface area contributed by atoms with Crippen LogP contribution in [0, 0.1) is 5.92 Å². The minimum Gasteiger partial charge on any atom is -0.363 e. The molecule has 0 saturated heterocycles. The first-order valence-electron chi connectivity index (χ1n) is 9.17. The number of benzene rings is 1. The molecule has 0 bridgehead atoms. The zero-order valence-corrected chi connectivity index (χ0v) is 16.7. The largest absolute Gasteiger partial charge is 0.363 e. The van der Waals surface area contributed by atoms with Crippen molar-refractivity contribution < 1.29 is 9.59 Å². The molecule has 0 fully saturated rings. The third-order valence-corrected chi connectivity index (χ3v) is 4.48. The van der Waals surface area contributed by atoms with E-state index in [9.17, 15) is 9.59 Å². The van der Waals surface area contributed by atoms with Crippen molar-refractivity contribution in [1.29, 1.82) is 0 Å². The Hall–Kier alpha value is -2.42. The maximum Gasteiger partial charge on any atom is 0.235 e. The van der Waals surface area contributed by atoms with E-state index in [-0.39, 0.29) is 17.5 Å². The molecule has 1 aromatic carbocycles. The van der Waals surface area contributed by atoms with Crippen molar-refractivity contribution >= 4 is 23.3 Å². The van der Waals surface area contributed by atoms with Gasteiger partial charge >= 0.3 is 0 Å². The highest BCUT2D eigenvalue weighted by atomic mass is 16.2. The van der Waals surface area contributed by atoms with Crippen LogP contribution >= 0.6 is 0 Å². The number of carbonyl (C=O) groups excluding carboxylic acids is 2. The summed E-state index contributed by atoms with van der Waals surface area (Å²) < 4.78 is 0. The first-order valence-corrected chi connectivity index (χ1v) is 9.17. The van der Waals surface area contributed by atoms with Crippen LogP contribution < -0.4 is 4.90 Å². The average molecular weight is 351 g/mol. The molecule has 1 aliphatic carbocycles. The van der Waals surface area contributed by atoms with E-state index in [4.69, 9.17) is 0 Å². The Kier molecular flexibility index (Phi) is 6.36. The minimum absolute atomic E-state index is 0.0377. The first-order chi connectivity index (χ1) is 12.2. The number of ketones is 2. The molecule has 0 radical (unpaired) electrons. The Morgan fingerprint density at radius 3 is 2.04 bits per heavy atom. The fourth-order valence-electron chi connectivity index (χ4n) is 2.95. The minimum atomic E-state index is -0.388. The Labute approximate surface area is 157 Å². The van der Waals surface area contributed by atoms with Crippen LogP contribution in [0.25, 0.3) is 6.08 Å². The molecule has 0 aliphatic heterocycles. The molecule has 26 heavy (non-hydrogen) atoms. The van der Waals surface area contributed by atoms with Gasteiger partial charge in [-0.2, -0.15) is 0 Å². The predicted molar refractivity (Wildman–Crippen MR) is 110 cm³/mol. The fourth-order valence-corrected chi connectivity index (χ4v) is 2.95. The molecule has 0 amide bonds. The van der Waals surface area contributed by atoms with Gasteiger partial charge in [-0.05, 0) is 51.3 Å². The first kappa shape index (κ1) is 19.9. The van der Waals surface area contributed by atoms with Gasteiger partial charge in [0.05, 0.1) is 5.56 Å². The van der Waals surface area contributed by atoms with Crippen molar-refractivity contribution in [2.45, 2.75) is 41.5 Å². The fraction of sp³-hybridized carbons (Fsp3) is 0.391. The van der Waals surface area contributed by atoms with Crippen molar-refractivity contribution in [2.24, 2.45) is 5.92 Å². The topological polar surface area (TPSA) is 37.4 Å². The van der Waals surface area contributed by atoms with E-state index in [1.807, 2.05) is 38.1 Å². The van der Waals surface area contributed by atoms with Crippen LogP contribution in [0.3, 0.4) is 0 Å². The van der Waals surface area contributed by atoms with Gasteiger partial charge in [0.2, 0.25) is 11.6 Å². The van der Waals surface area contributed by atoms with Gasteiger partial charge in [0, 0.05) is 24.4 Å². The Morgan fingerprint density at radius 1 is 0.962 bits per heavy atom. The smallest absolute Gasteiger partial charge is 0.235 e. The van der Waals surface area contributed by atoms with Crippen molar-refractivity contribution in [1.82, 2.24) is 0 Å². The van der Waals surface area contributed by atoms with Crippen molar-refractivity contribution in [3.05, 3.63) is 58.2 Å². The predicted octanol–water partition coefficient (Wildman–Crippen LogP) is 5.23. The quantitative estimate of drug-likeness (QED) is 0.520. The van der Waals surface area contributed by atoms with Crippen molar-refractivity contribution in [3.8, 4) is 0 Å². The second-order valence-electron chi connectivity index (χ2n) is 7.62. The van der Waals surface area contributed by atoms with Gasteiger partial charge in [-0.15, -0.1) is 0 Å². The number of anilines is 1. The molecule has 3 heteroatoms. The Bertz CT molecular complexity index is 781. The maximum absolute atomic E-state index is 12.9. The second-order valence-corrected chi connectivity index (χ2v) is 7.62. The lowest BCUT2D eigenvalue weighted by Gasteiger charge is -2.27. The number of hydrogen-bond donors (Lipinski definition) is 0. The number of Topliss-reactive ketones (excluding diaryl/α,β-unsaturated/α-hetero) is 2. The Morgan fingerprint density at radius 2 is 1.54 bits per heavy atom. The molecule has 1 aliphatic rings. The summed E-state index contributed by atoms with van der Waals surface area (Å²) in [4.78, 5) is 27.6. The van der Waals surface area contributed by atoms with E-state index in [0.717, 1.165) is 11.3 Å². The summed E-state index contributed by atoms with van der Waals surface area (Å²) in [5.74, 6) is -0.721. The molecule has 0 N–H and O–H groups in total. The molecule has 0 heterocycles. The molecule has 0 unspecified atom stereocenters. The molecule has 138 valence electrons. The lowest BCUT2D eigenvalue weighted by molar-refractivity contribution is -0.112. The maximum atomic E-state index is 12.9. The molecule has 1 aromatic rings. The van der Waals surface area contributed by atoms with Crippen LogP contribution in [-0.2, 0) is 4.79 Å². The van der Waals surface area contributed by atoms with Crippen LogP contribution in [0.2, 0.25) is 0 Å². The average Bonchev–Trinajstić information content (AvgIpc) is 2.57. The molecule has 3 nitrogen and oxygen atoms in total. The van der Waals surface area contributed by atoms with E-state index >= 15 is 0 Å². The number of fused-ring (bicyclic) bond motifs is 1. The number of carbonyl (C=O) groups is 2. The van der Waals surface area contributed by atoms with Crippen LogP contribution in [0.1, 0.15) is 57.5 Å². The van der Waals surface area contributed by atoms with Gasteiger partial charge in [-0.25, -0.2) is 0 Å².